The van der Waals surface area contributed by atoms with Gasteiger partial charge in [-0.05, 0) is 6.42 Å². The highest BCUT2D eigenvalue weighted by atomic mass is 16.1. The van der Waals surface area contributed by atoms with Gasteiger partial charge in [-0.2, -0.15) is 0 Å². The normalized spacial score (nSPS) is 12.1. The molecule has 14 heavy (non-hydrogen) atoms. The Bertz CT molecular complexity index is 193. The van der Waals surface area contributed by atoms with Gasteiger partial charge < -0.3 is 5.73 Å². The molecule has 0 aliphatic carbocycles. The van der Waals surface area contributed by atoms with Gasteiger partial charge in [0.1, 0.15) is 0 Å². The molecule has 0 fully saturated rings. The van der Waals surface area contributed by atoms with E-state index in [1.165, 1.54) is 19.3 Å². The highest BCUT2D eigenvalue weighted by Crippen LogP contribution is 2.06. The van der Waals surface area contributed by atoms with Crippen LogP contribution in [0.3, 0.4) is 0 Å². The second-order valence-corrected chi connectivity index (χ2v) is 3.65. The molecular weight excluding hydrogens is 174 g/mol. The minimum Gasteiger partial charge on any atom is -0.321 e. The number of carbonyl (C=O) groups excluding carboxylic acids is 1. The number of rotatable bonds is 8. The summed E-state index contributed by atoms with van der Waals surface area (Å²) < 4.78 is 0. The summed E-state index contributed by atoms with van der Waals surface area (Å²) in [5.41, 5.74) is 5.58. The van der Waals surface area contributed by atoms with Crippen molar-refractivity contribution in [2.45, 2.75) is 57.9 Å². The predicted octanol–water partition coefficient (Wildman–Crippen LogP) is 2.27. The maximum atomic E-state index is 11.3. The quantitative estimate of drug-likeness (QED) is 0.477. The molecule has 0 aromatic rings. The lowest BCUT2D eigenvalue weighted by Gasteiger charge is -2.06. The number of carbonyl (C=O) groups is 1. The van der Waals surface area contributed by atoms with Crippen LogP contribution in [0.25, 0.3) is 0 Å². The molecule has 0 aliphatic rings. The van der Waals surface area contributed by atoms with Crippen LogP contribution in [0.2, 0.25) is 0 Å². The first-order valence-corrected chi connectivity index (χ1v) is 5.44. The first-order valence-electron chi connectivity index (χ1n) is 5.44. The first kappa shape index (κ1) is 13.2. The minimum absolute atomic E-state index is 0.111. The fourth-order valence-electron chi connectivity index (χ4n) is 1.33. The van der Waals surface area contributed by atoms with Crippen molar-refractivity contribution >= 4 is 5.78 Å². The van der Waals surface area contributed by atoms with Gasteiger partial charge in [-0.15, -0.1) is 12.3 Å². The lowest BCUT2D eigenvalue weighted by molar-refractivity contribution is -0.120. The summed E-state index contributed by atoms with van der Waals surface area (Å²) >= 11 is 0. The summed E-state index contributed by atoms with van der Waals surface area (Å²) in [4.78, 5) is 11.3. The third kappa shape index (κ3) is 6.68. The van der Waals surface area contributed by atoms with Crippen molar-refractivity contribution in [3.05, 3.63) is 0 Å². The van der Waals surface area contributed by atoms with Crippen molar-refractivity contribution in [2.24, 2.45) is 5.73 Å². The molecular formula is C12H21NO. The van der Waals surface area contributed by atoms with Crippen LogP contribution in [0.5, 0.6) is 0 Å². The number of terminal acetylenes is 1. The Labute approximate surface area is 87.3 Å². The monoisotopic (exact) mass is 195 g/mol. The molecule has 0 amide bonds. The molecule has 0 saturated carbocycles. The molecule has 0 rings (SSSR count). The average Bonchev–Trinajstić information content (AvgIpc) is 2.17. The van der Waals surface area contributed by atoms with E-state index in [4.69, 9.17) is 12.2 Å². The molecule has 1 unspecified atom stereocenters. The summed E-state index contributed by atoms with van der Waals surface area (Å²) in [5.74, 6) is 2.52. The molecule has 2 nitrogen and oxygen atoms in total. The molecule has 0 heterocycles. The Balaban J connectivity index is 3.40. The number of Topliss-reactive ketones (excluding diaryl/α,β-unsaturated/α-hetero) is 1. The maximum absolute atomic E-state index is 11.3. The van der Waals surface area contributed by atoms with E-state index in [-0.39, 0.29) is 5.78 Å². The lowest BCUT2D eigenvalue weighted by atomic mass is 10.0. The Morgan fingerprint density at radius 1 is 1.36 bits per heavy atom. The van der Waals surface area contributed by atoms with Gasteiger partial charge in [-0.3, -0.25) is 4.79 Å². The van der Waals surface area contributed by atoms with Crippen molar-refractivity contribution < 1.29 is 4.79 Å². The van der Waals surface area contributed by atoms with Crippen molar-refractivity contribution in [3.8, 4) is 12.3 Å². The van der Waals surface area contributed by atoms with E-state index in [0.29, 0.717) is 12.8 Å². The Morgan fingerprint density at radius 3 is 2.57 bits per heavy atom. The topological polar surface area (TPSA) is 43.1 Å². The van der Waals surface area contributed by atoms with Crippen molar-refractivity contribution in [2.75, 3.05) is 0 Å². The zero-order valence-electron chi connectivity index (χ0n) is 9.09. The van der Waals surface area contributed by atoms with Crippen LogP contribution in [0.1, 0.15) is 51.9 Å². The molecule has 0 spiro atoms. The summed E-state index contributed by atoms with van der Waals surface area (Å²) in [6, 6.07) is -0.439. The minimum atomic E-state index is -0.439. The molecule has 80 valence electrons. The van der Waals surface area contributed by atoms with E-state index in [2.05, 4.69) is 12.8 Å². The summed E-state index contributed by atoms with van der Waals surface area (Å²) in [5, 5.41) is 0. The molecule has 2 heteroatoms. The van der Waals surface area contributed by atoms with Crippen LogP contribution in [0.15, 0.2) is 0 Å². The van der Waals surface area contributed by atoms with Gasteiger partial charge in [0, 0.05) is 12.8 Å². The van der Waals surface area contributed by atoms with Crippen LogP contribution in [-0.2, 0) is 4.79 Å². The fraction of sp³-hybridized carbons (Fsp3) is 0.750. The molecule has 0 aromatic heterocycles. The number of hydrogen-bond acceptors (Lipinski definition) is 2. The van der Waals surface area contributed by atoms with E-state index in [1.807, 2.05) is 0 Å². The largest absolute Gasteiger partial charge is 0.321 e. The van der Waals surface area contributed by atoms with E-state index in [9.17, 15) is 4.79 Å². The van der Waals surface area contributed by atoms with Crippen molar-refractivity contribution in [1.82, 2.24) is 0 Å². The highest BCUT2D eigenvalue weighted by molar-refractivity contribution is 5.83. The molecule has 0 radical (unpaired) electrons. The molecule has 2 N–H and O–H groups in total. The van der Waals surface area contributed by atoms with Gasteiger partial charge in [0.25, 0.3) is 0 Å². The number of unbranched alkanes of at least 4 members (excludes halogenated alkanes) is 4. The zero-order chi connectivity index (χ0) is 10.8. The predicted molar refractivity (Wildman–Crippen MR) is 59.8 cm³/mol. The van der Waals surface area contributed by atoms with E-state index in [1.54, 1.807) is 0 Å². The van der Waals surface area contributed by atoms with Gasteiger partial charge in [-0.1, -0.05) is 32.6 Å². The second kappa shape index (κ2) is 8.77. The Kier molecular flexibility index (Phi) is 8.27. The number of hydrogen-bond donors (Lipinski definition) is 1. The van der Waals surface area contributed by atoms with Gasteiger partial charge in [0.15, 0.2) is 5.78 Å². The van der Waals surface area contributed by atoms with Gasteiger partial charge in [-0.25, -0.2) is 0 Å². The van der Waals surface area contributed by atoms with Gasteiger partial charge in [0.05, 0.1) is 6.04 Å². The summed E-state index contributed by atoms with van der Waals surface area (Å²) in [6.07, 6.45) is 11.8. The van der Waals surface area contributed by atoms with Gasteiger partial charge >= 0.3 is 0 Å². The third-order valence-corrected chi connectivity index (χ3v) is 2.28. The molecule has 0 aromatic carbocycles. The molecule has 1 atom stereocenters. The lowest BCUT2D eigenvalue weighted by Crippen LogP contribution is -2.29. The smallest absolute Gasteiger partial charge is 0.150 e. The van der Waals surface area contributed by atoms with Crippen LogP contribution >= 0.6 is 0 Å². The van der Waals surface area contributed by atoms with Crippen LogP contribution in [0, 0.1) is 12.3 Å². The van der Waals surface area contributed by atoms with Crippen LogP contribution < -0.4 is 5.73 Å². The van der Waals surface area contributed by atoms with Crippen molar-refractivity contribution in [3.63, 3.8) is 0 Å². The molecule has 0 saturated heterocycles. The SMILES string of the molecule is C#CCC(N)C(=O)CCCCCCC. The van der Waals surface area contributed by atoms with E-state index >= 15 is 0 Å². The van der Waals surface area contributed by atoms with E-state index in [0.717, 1.165) is 12.8 Å². The fourth-order valence-corrected chi connectivity index (χ4v) is 1.33. The number of nitrogens with two attached hydrogens (primary N) is 1. The van der Waals surface area contributed by atoms with Crippen LogP contribution in [0.4, 0.5) is 0 Å². The van der Waals surface area contributed by atoms with Crippen molar-refractivity contribution in [1.29, 1.82) is 0 Å². The van der Waals surface area contributed by atoms with Gasteiger partial charge in [0.2, 0.25) is 0 Å². The molecule has 0 aliphatic heterocycles. The third-order valence-electron chi connectivity index (χ3n) is 2.28. The highest BCUT2D eigenvalue weighted by Gasteiger charge is 2.10. The second-order valence-electron chi connectivity index (χ2n) is 3.65. The standard InChI is InChI=1S/C12H21NO/c1-3-5-6-7-8-10-12(14)11(13)9-4-2/h2,11H,3,5-10,13H2,1H3. The first-order chi connectivity index (χ1) is 6.72. The summed E-state index contributed by atoms with van der Waals surface area (Å²) in [6.45, 7) is 2.17. The van der Waals surface area contributed by atoms with Crippen LogP contribution in [-0.4, -0.2) is 11.8 Å². The summed E-state index contributed by atoms with van der Waals surface area (Å²) in [7, 11) is 0. The average molecular weight is 195 g/mol. The maximum Gasteiger partial charge on any atom is 0.150 e. The van der Waals surface area contributed by atoms with E-state index < -0.39 is 6.04 Å². The Morgan fingerprint density at radius 2 is 2.00 bits per heavy atom. The Hall–Kier alpha value is -0.810. The zero-order valence-corrected chi connectivity index (χ0v) is 9.09. The molecule has 0 bridgehead atoms. The number of ketones is 1.